The monoisotopic (exact) mass is 248 g/mol. The smallest absolute Gasteiger partial charge is 0.147 e. The Hall–Kier alpha value is -0.610. The molecule has 0 N–H and O–H groups in total. The largest absolute Gasteiger partial charge is 0.287 e. The molecule has 2 aromatic heterocycles. The van der Waals surface area contributed by atoms with Crippen molar-refractivity contribution in [3.05, 3.63) is 33.9 Å². The second kappa shape index (κ2) is 2.71. The number of halogens is 3. The molecule has 2 nitrogen and oxygen atoms in total. The van der Waals surface area contributed by atoms with Gasteiger partial charge in [-0.25, -0.2) is 9.37 Å². The molecule has 5 heteroatoms. The van der Waals surface area contributed by atoms with Crippen LogP contribution in [0.2, 0.25) is 5.15 Å². The summed E-state index contributed by atoms with van der Waals surface area (Å²) < 4.78 is 14.7. The normalized spacial score (nSPS) is 10.9. The van der Waals surface area contributed by atoms with E-state index < -0.39 is 0 Å². The summed E-state index contributed by atoms with van der Waals surface area (Å²) in [7, 11) is 0. The molecule has 0 bridgehead atoms. The van der Waals surface area contributed by atoms with E-state index in [4.69, 9.17) is 11.6 Å². The Morgan fingerprint density at radius 1 is 1.50 bits per heavy atom. The maximum Gasteiger partial charge on any atom is 0.147 e. The van der Waals surface area contributed by atoms with E-state index in [0.29, 0.717) is 15.4 Å². The number of rotatable bonds is 0. The Morgan fingerprint density at radius 2 is 2.25 bits per heavy atom. The molecular formula is C7H3BrClFN2. The molecule has 0 aliphatic carbocycles. The number of fused-ring (bicyclic) bond motifs is 1. The second-order valence-electron chi connectivity index (χ2n) is 2.27. The van der Waals surface area contributed by atoms with Crippen LogP contribution >= 0.6 is 27.5 Å². The van der Waals surface area contributed by atoms with Crippen molar-refractivity contribution in [1.82, 2.24) is 9.38 Å². The highest BCUT2D eigenvalue weighted by Crippen LogP contribution is 2.23. The van der Waals surface area contributed by atoms with Crippen molar-refractivity contribution in [1.29, 1.82) is 0 Å². The fraction of sp³-hybridized carbons (Fsp3) is 0. The molecule has 0 atom stereocenters. The summed E-state index contributed by atoms with van der Waals surface area (Å²) in [4.78, 5) is 4.03. The van der Waals surface area contributed by atoms with E-state index in [9.17, 15) is 4.39 Å². The number of nitrogens with zero attached hydrogens (tertiary/aromatic N) is 2. The summed E-state index contributed by atoms with van der Waals surface area (Å²) in [6.07, 6.45) is 1.29. The molecule has 0 fully saturated rings. The van der Waals surface area contributed by atoms with Crippen LogP contribution < -0.4 is 0 Å². The third kappa shape index (κ3) is 1.11. The fourth-order valence-corrected chi connectivity index (χ4v) is 1.51. The highest BCUT2D eigenvalue weighted by molar-refractivity contribution is 9.10. The molecule has 0 radical (unpaired) electrons. The van der Waals surface area contributed by atoms with Crippen LogP contribution in [-0.2, 0) is 0 Å². The Bertz CT molecular complexity index is 440. The van der Waals surface area contributed by atoms with Crippen LogP contribution in [0, 0.1) is 5.82 Å². The topological polar surface area (TPSA) is 17.3 Å². The van der Waals surface area contributed by atoms with E-state index in [2.05, 4.69) is 20.9 Å². The summed E-state index contributed by atoms with van der Waals surface area (Å²) in [6.45, 7) is 0. The van der Waals surface area contributed by atoms with E-state index in [1.807, 2.05) is 0 Å². The Morgan fingerprint density at radius 3 is 3.00 bits per heavy atom. The number of hydrogen-bond acceptors (Lipinski definition) is 1. The van der Waals surface area contributed by atoms with Crippen LogP contribution in [0.5, 0.6) is 0 Å². The van der Waals surface area contributed by atoms with Crippen molar-refractivity contribution in [3.8, 4) is 0 Å². The second-order valence-corrected chi connectivity index (χ2v) is 3.38. The molecule has 0 saturated heterocycles. The van der Waals surface area contributed by atoms with E-state index in [1.165, 1.54) is 16.7 Å². The first-order chi connectivity index (χ1) is 5.68. The van der Waals surface area contributed by atoms with E-state index >= 15 is 0 Å². The van der Waals surface area contributed by atoms with Crippen LogP contribution in [0.4, 0.5) is 4.39 Å². The first-order valence-corrected chi connectivity index (χ1v) is 4.34. The minimum atomic E-state index is -0.339. The van der Waals surface area contributed by atoms with Gasteiger partial charge in [0, 0.05) is 6.20 Å². The highest BCUT2D eigenvalue weighted by atomic mass is 79.9. The average molecular weight is 249 g/mol. The van der Waals surface area contributed by atoms with Gasteiger partial charge in [-0.3, -0.25) is 4.40 Å². The van der Waals surface area contributed by atoms with Crippen molar-refractivity contribution in [3.63, 3.8) is 0 Å². The predicted molar refractivity (Wildman–Crippen MR) is 47.9 cm³/mol. The van der Waals surface area contributed by atoms with Gasteiger partial charge in [0.15, 0.2) is 0 Å². The summed E-state index contributed by atoms with van der Waals surface area (Å²) >= 11 is 8.95. The van der Waals surface area contributed by atoms with Crippen LogP contribution in [0.25, 0.3) is 5.65 Å². The third-order valence-corrected chi connectivity index (χ3v) is 2.63. The maximum absolute atomic E-state index is 12.7. The third-order valence-electron chi connectivity index (χ3n) is 1.49. The lowest BCUT2D eigenvalue weighted by Gasteiger charge is -1.93. The minimum absolute atomic E-state index is 0.339. The molecular weight excluding hydrogens is 246 g/mol. The van der Waals surface area contributed by atoms with Crippen molar-refractivity contribution in [2.24, 2.45) is 0 Å². The van der Waals surface area contributed by atoms with Gasteiger partial charge in [-0.2, -0.15) is 0 Å². The molecule has 0 saturated carbocycles. The van der Waals surface area contributed by atoms with Gasteiger partial charge in [0.05, 0.1) is 0 Å². The molecule has 0 aliphatic heterocycles. The van der Waals surface area contributed by atoms with Crippen LogP contribution in [0.1, 0.15) is 0 Å². The van der Waals surface area contributed by atoms with Crippen LogP contribution in [-0.4, -0.2) is 9.38 Å². The standard InChI is InChI=1S/C7H3BrClFN2/c8-6-7(9)12-3-4(10)1-2-5(12)11-6/h1-3H. The number of aromatic nitrogens is 2. The summed E-state index contributed by atoms with van der Waals surface area (Å²) in [5, 5.41) is 0.379. The molecule has 2 heterocycles. The van der Waals surface area contributed by atoms with Gasteiger partial charge < -0.3 is 0 Å². The predicted octanol–water partition coefficient (Wildman–Crippen LogP) is 2.89. The van der Waals surface area contributed by atoms with Gasteiger partial charge in [0.25, 0.3) is 0 Å². The van der Waals surface area contributed by atoms with Crippen molar-refractivity contribution in [2.75, 3.05) is 0 Å². The van der Waals surface area contributed by atoms with E-state index in [1.54, 1.807) is 6.07 Å². The first kappa shape index (κ1) is 8.01. The zero-order chi connectivity index (χ0) is 8.72. The van der Waals surface area contributed by atoms with Gasteiger partial charge in [-0.15, -0.1) is 0 Å². The van der Waals surface area contributed by atoms with Gasteiger partial charge >= 0.3 is 0 Å². The summed E-state index contributed by atoms with van der Waals surface area (Å²) in [5.74, 6) is -0.339. The lowest BCUT2D eigenvalue weighted by molar-refractivity contribution is 0.619. The van der Waals surface area contributed by atoms with Gasteiger partial charge in [0.1, 0.15) is 21.2 Å². The van der Waals surface area contributed by atoms with Crippen molar-refractivity contribution in [2.45, 2.75) is 0 Å². The van der Waals surface area contributed by atoms with Gasteiger partial charge in [-0.1, -0.05) is 11.6 Å². The molecule has 62 valence electrons. The number of imidazole rings is 1. The SMILES string of the molecule is Fc1ccc2nc(Br)c(Cl)n2c1. The quantitative estimate of drug-likeness (QED) is 0.702. The minimum Gasteiger partial charge on any atom is -0.287 e. The van der Waals surface area contributed by atoms with Gasteiger partial charge in [-0.05, 0) is 28.1 Å². The molecule has 0 unspecified atom stereocenters. The van der Waals surface area contributed by atoms with Crippen molar-refractivity contribution >= 4 is 33.2 Å². The Kier molecular flexibility index (Phi) is 1.81. The average Bonchev–Trinajstić information content (AvgIpc) is 2.31. The zero-order valence-electron chi connectivity index (χ0n) is 5.76. The van der Waals surface area contributed by atoms with Crippen LogP contribution in [0.15, 0.2) is 22.9 Å². The molecule has 0 amide bonds. The fourth-order valence-electron chi connectivity index (χ4n) is 0.961. The Balaban J connectivity index is 2.88. The summed E-state index contributed by atoms with van der Waals surface area (Å²) in [5.41, 5.74) is 0.619. The summed E-state index contributed by atoms with van der Waals surface area (Å²) in [6, 6.07) is 2.90. The Labute approximate surface area is 81.1 Å². The molecule has 0 spiro atoms. The van der Waals surface area contributed by atoms with Crippen LogP contribution in [0.3, 0.4) is 0 Å². The molecule has 2 rings (SSSR count). The number of hydrogen-bond donors (Lipinski definition) is 0. The molecule has 12 heavy (non-hydrogen) atoms. The zero-order valence-corrected chi connectivity index (χ0v) is 8.10. The van der Waals surface area contributed by atoms with Gasteiger partial charge in [0.2, 0.25) is 0 Å². The molecule has 0 aromatic carbocycles. The first-order valence-electron chi connectivity index (χ1n) is 3.17. The van der Waals surface area contributed by atoms with Crippen molar-refractivity contribution < 1.29 is 4.39 Å². The molecule has 0 aliphatic rings. The van der Waals surface area contributed by atoms with E-state index in [0.717, 1.165) is 0 Å². The molecule has 2 aromatic rings. The highest BCUT2D eigenvalue weighted by Gasteiger charge is 2.06. The lowest BCUT2D eigenvalue weighted by atomic mass is 10.5. The lowest BCUT2D eigenvalue weighted by Crippen LogP contribution is -1.85. The van der Waals surface area contributed by atoms with E-state index in [-0.39, 0.29) is 5.82 Å². The maximum atomic E-state index is 12.7. The number of pyridine rings is 1.